The van der Waals surface area contributed by atoms with Crippen molar-refractivity contribution in [1.82, 2.24) is 14.3 Å². The number of carbonyl (C=O) groups is 1. The van der Waals surface area contributed by atoms with Crippen molar-refractivity contribution < 1.29 is 13.2 Å². The monoisotopic (exact) mass is 351 g/mol. The third-order valence-corrected chi connectivity index (χ3v) is 6.84. The van der Waals surface area contributed by atoms with Gasteiger partial charge in [-0.2, -0.15) is 17.4 Å². The summed E-state index contributed by atoms with van der Waals surface area (Å²) in [5.74, 6) is 0.117. The Morgan fingerprint density at radius 1 is 1.08 bits per heavy atom. The number of piperidine rings is 1. The quantitative estimate of drug-likeness (QED) is 0.861. The predicted molar refractivity (Wildman–Crippen MR) is 92.3 cm³/mol. The fourth-order valence-corrected chi connectivity index (χ4v) is 4.82. The van der Waals surface area contributed by atoms with Crippen molar-refractivity contribution in [3.05, 3.63) is 35.9 Å². The highest BCUT2D eigenvalue weighted by Crippen LogP contribution is 2.40. The summed E-state index contributed by atoms with van der Waals surface area (Å²) in [6, 6.07) is 9.52. The number of carbonyl (C=O) groups excluding carboxylic acids is 1. The molecule has 0 bridgehead atoms. The van der Waals surface area contributed by atoms with Crippen LogP contribution in [0.5, 0.6) is 0 Å². The molecule has 0 saturated carbocycles. The lowest BCUT2D eigenvalue weighted by atomic mass is 9.73. The first kappa shape index (κ1) is 17.4. The highest BCUT2D eigenvalue weighted by molar-refractivity contribution is 7.87. The van der Waals surface area contributed by atoms with Crippen LogP contribution in [0.4, 0.5) is 0 Å². The van der Waals surface area contributed by atoms with E-state index in [-0.39, 0.29) is 11.3 Å². The van der Waals surface area contributed by atoms with Gasteiger partial charge in [-0.15, -0.1) is 0 Å². The Kier molecular flexibility index (Phi) is 5.22. The topological polar surface area (TPSA) is 78.5 Å². The Morgan fingerprint density at radius 2 is 1.79 bits per heavy atom. The van der Waals surface area contributed by atoms with Gasteiger partial charge in [-0.05, 0) is 36.7 Å². The number of hydrogen-bond acceptors (Lipinski definition) is 3. The number of rotatable bonds is 4. The molecule has 2 N–H and O–H groups in total. The van der Waals surface area contributed by atoms with Gasteiger partial charge in [-0.25, -0.2) is 0 Å². The zero-order valence-electron chi connectivity index (χ0n) is 13.8. The minimum atomic E-state index is -3.46. The van der Waals surface area contributed by atoms with Gasteiger partial charge in [-0.3, -0.25) is 4.79 Å². The summed E-state index contributed by atoms with van der Waals surface area (Å²) in [5.41, 5.74) is 1.06. The summed E-state index contributed by atoms with van der Waals surface area (Å²) < 4.78 is 29.2. The number of hydrogen-bond donors (Lipinski definition) is 2. The summed E-state index contributed by atoms with van der Waals surface area (Å²) in [7, 11) is -3.46. The fourth-order valence-electron chi connectivity index (χ4n) is 3.62. The average Bonchev–Trinajstić information content (AvgIpc) is 2.77. The molecule has 0 radical (unpaired) electrons. The molecule has 2 fully saturated rings. The van der Waals surface area contributed by atoms with Gasteiger partial charge < -0.3 is 5.32 Å². The highest BCUT2D eigenvalue weighted by atomic mass is 32.2. The standard InChI is InChI=1S/C17H25N3O3S/c21-16-6-7-17(8-11-18-16)9-12-20(13-10-17)24(22,23)19-14-15-4-2-1-3-5-15/h1-5,19H,6-14H2,(H,18,21). The van der Waals surface area contributed by atoms with Crippen LogP contribution in [0.25, 0.3) is 0 Å². The summed E-state index contributed by atoms with van der Waals surface area (Å²) in [5, 5.41) is 2.91. The van der Waals surface area contributed by atoms with E-state index in [0.29, 0.717) is 32.6 Å². The van der Waals surface area contributed by atoms with Gasteiger partial charge in [0.1, 0.15) is 0 Å². The van der Waals surface area contributed by atoms with Gasteiger partial charge in [0.05, 0.1) is 0 Å². The van der Waals surface area contributed by atoms with Crippen molar-refractivity contribution in [2.24, 2.45) is 5.41 Å². The number of nitrogens with one attached hydrogen (secondary N) is 2. The molecular formula is C17H25N3O3S. The number of benzene rings is 1. The van der Waals surface area contributed by atoms with Crippen LogP contribution in [-0.4, -0.2) is 38.3 Å². The maximum atomic E-state index is 12.5. The fraction of sp³-hybridized carbons (Fsp3) is 0.588. The Hall–Kier alpha value is -1.44. The molecule has 0 aromatic heterocycles. The molecule has 7 heteroatoms. The molecule has 24 heavy (non-hydrogen) atoms. The molecule has 6 nitrogen and oxygen atoms in total. The summed E-state index contributed by atoms with van der Waals surface area (Å²) in [6.45, 7) is 2.07. The first-order valence-electron chi connectivity index (χ1n) is 8.55. The van der Waals surface area contributed by atoms with Gasteiger partial charge in [0.15, 0.2) is 0 Å². The molecular weight excluding hydrogens is 326 g/mol. The summed E-state index contributed by atoms with van der Waals surface area (Å²) in [6.07, 6.45) is 4.02. The third kappa shape index (κ3) is 4.15. The van der Waals surface area contributed by atoms with E-state index in [1.807, 2.05) is 30.3 Å². The number of amides is 1. The highest BCUT2D eigenvalue weighted by Gasteiger charge is 2.38. The molecule has 3 rings (SSSR count). The predicted octanol–water partition coefficient (Wildman–Crippen LogP) is 1.40. The Balaban J connectivity index is 1.56. The molecule has 0 unspecified atom stereocenters. The molecule has 2 heterocycles. The van der Waals surface area contributed by atoms with E-state index in [1.165, 1.54) is 0 Å². The lowest BCUT2D eigenvalue weighted by Gasteiger charge is -2.40. The molecule has 0 atom stereocenters. The zero-order chi connectivity index (χ0) is 17.0. The Morgan fingerprint density at radius 3 is 2.50 bits per heavy atom. The van der Waals surface area contributed by atoms with E-state index in [4.69, 9.17) is 0 Å². The first-order valence-corrected chi connectivity index (χ1v) is 9.99. The van der Waals surface area contributed by atoms with E-state index in [2.05, 4.69) is 10.0 Å². The van der Waals surface area contributed by atoms with Crippen molar-refractivity contribution in [2.75, 3.05) is 19.6 Å². The first-order chi connectivity index (χ1) is 11.5. The minimum Gasteiger partial charge on any atom is -0.356 e. The Bertz CT molecular complexity index is 668. The van der Waals surface area contributed by atoms with Crippen LogP contribution in [0.1, 0.15) is 37.7 Å². The molecule has 2 aliphatic rings. The van der Waals surface area contributed by atoms with E-state index >= 15 is 0 Å². The van der Waals surface area contributed by atoms with E-state index < -0.39 is 10.2 Å². The van der Waals surface area contributed by atoms with Crippen LogP contribution >= 0.6 is 0 Å². The molecule has 2 saturated heterocycles. The normalized spacial score (nSPS) is 22.1. The van der Waals surface area contributed by atoms with Crippen LogP contribution in [-0.2, 0) is 21.5 Å². The molecule has 132 valence electrons. The lowest BCUT2D eigenvalue weighted by molar-refractivity contribution is -0.120. The molecule has 1 amide bonds. The second-order valence-electron chi connectivity index (χ2n) is 6.81. The second kappa shape index (κ2) is 7.21. The van der Waals surface area contributed by atoms with Crippen molar-refractivity contribution in [2.45, 2.75) is 38.6 Å². The van der Waals surface area contributed by atoms with Crippen molar-refractivity contribution >= 4 is 16.1 Å². The largest absolute Gasteiger partial charge is 0.356 e. The van der Waals surface area contributed by atoms with Gasteiger partial charge in [0.2, 0.25) is 5.91 Å². The average molecular weight is 351 g/mol. The molecule has 1 spiro atoms. The van der Waals surface area contributed by atoms with Gasteiger partial charge in [0, 0.05) is 32.6 Å². The molecule has 1 aromatic carbocycles. The van der Waals surface area contributed by atoms with Crippen molar-refractivity contribution in [1.29, 1.82) is 0 Å². The van der Waals surface area contributed by atoms with Crippen LogP contribution in [0.15, 0.2) is 30.3 Å². The minimum absolute atomic E-state index is 0.116. The van der Waals surface area contributed by atoms with Crippen molar-refractivity contribution in [3.63, 3.8) is 0 Å². The molecule has 1 aromatic rings. The summed E-state index contributed by atoms with van der Waals surface area (Å²) >= 11 is 0. The van der Waals surface area contributed by atoms with Gasteiger partial charge >= 0.3 is 0 Å². The van der Waals surface area contributed by atoms with E-state index in [9.17, 15) is 13.2 Å². The summed E-state index contributed by atoms with van der Waals surface area (Å²) in [4.78, 5) is 11.5. The van der Waals surface area contributed by atoms with Crippen LogP contribution < -0.4 is 10.0 Å². The van der Waals surface area contributed by atoms with Crippen LogP contribution in [0, 0.1) is 5.41 Å². The Labute approximate surface area is 143 Å². The van der Waals surface area contributed by atoms with Crippen molar-refractivity contribution in [3.8, 4) is 0 Å². The molecule has 0 aliphatic carbocycles. The third-order valence-electron chi connectivity index (χ3n) is 5.28. The second-order valence-corrected chi connectivity index (χ2v) is 8.57. The van der Waals surface area contributed by atoms with Gasteiger partial charge in [-0.1, -0.05) is 30.3 Å². The maximum Gasteiger partial charge on any atom is 0.279 e. The smallest absolute Gasteiger partial charge is 0.279 e. The SMILES string of the molecule is O=C1CCC2(CCN1)CCN(S(=O)(=O)NCc1ccccc1)CC2. The van der Waals surface area contributed by atoms with E-state index in [1.54, 1.807) is 4.31 Å². The lowest BCUT2D eigenvalue weighted by Crippen LogP contribution is -2.47. The molecule has 2 aliphatic heterocycles. The van der Waals surface area contributed by atoms with Gasteiger partial charge in [0.25, 0.3) is 10.2 Å². The van der Waals surface area contributed by atoms with E-state index in [0.717, 1.165) is 31.2 Å². The van der Waals surface area contributed by atoms with Crippen LogP contribution in [0.3, 0.4) is 0 Å². The maximum absolute atomic E-state index is 12.5. The zero-order valence-corrected chi connectivity index (χ0v) is 14.6. The number of nitrogens with zero attached hydrogens (tertiary/aromatic N) is 1. The van der Waals surface area contributed by atoms with Crippen LogP contribution in [0.2, 0.25) is 0 Å².